The molecule has 4 heteroatoms. The van der Waals surface area contributed by atoms with E-state index in [0.717, 1.165) is 18.5 Å². The van der Waals surface area contributed by atoms with Crippen LogP contribution < -0.4 is 10.5 Å². The zero-order chi connectivity index (χ0) is 12.3. The van der Waals surface area contributed by atoms with Crippen LogP contribution in [0.15, 0.2) is 12.8 Å². The van der Waals surface area contributed by atoms with E-state index in [2.05, 4.69) is 16.5 Å². The lowest BCUT2D eigenvalue weighted by atomic mass is 9.98. The third-order valence-electron chi connectivity index (χ3n) is 3.06. The van der Waals surface area contributed by atoms with Crippen LogP contribution in [0.3, 0.4) is 0 Å². The predicted octanol–water partition coefficient (Wildman–Crippen LogP) is 2.43. The molecule has 0 aliphatic heterocycles. The highest BCUT2D eigenvalue weighted by molar-refractivity contribution is 5.55. The van der Waals surface area contributed by atoms with E-state index in [0.29, 0.717) is 23.4 Å². The molecule has 1 aliphatic carbocycles. The second-order valence-electron chi connectivity index (χ2n) is 4.55. The Morgan fingerprint density at radius 2 is 2.12 bits per heavy atom. The van der Waals surface area contributed by atoms with Gasteiger partial charge in [-0.2, -0.15) is 0 Å². The number of rotatable bonds is 3. The van der Waals surface area contributed by atoms with Crippen LogP contribution in [0, 0.1) is 6.92 Å². The summed E-state index contributed by atoms with van der Waals surface area (Å²) in [5, 5.41) is 0. The molecule has 1 aromatic heterocycles. The van der Waals surface area contributed by atoms with Gasteiger partial charge in [0.25, 0.3) is 0 Å². The van der Waals surface area contributed by atoms with E-state index in [-0.39, 0.29) is 0 Å². The molecule has 4 nitrogen and oxygen atoms in total. The van der Waals surface area contributed by atoms with Crippen molar-refractivity contribution in [3.8, 4) is 5.88 Å². The Labute approximate surface area is 102 Å². The first-order valence-electron chi connectivity index (χ1n) is 6.12. The summed E-state index contributed by atoms with van der Waals surface area (Å²) in [6, 6.07) is 0. The van der Waals surface area contributed by atoms with Gasteiger partial charge in [-0.1, -0.05) is 13.0 Å². The highest BCUT2D eigenvalue weighted by Crippen LogP contribution is 2.23. The van der Waals surface area contributed by atoms with Crippen LogP contribution in [-0.4, -0.2) is 16.1 Å². The number of nitrogens with two attached hydrogens (primary N) is 1. The molecular formula is C13H19N3O. The van der Waals surface area contributed by atoms with Crippen LogP contribution in [0.25, 0.3) is 5.70 Å². The average Bonchev–Trinajstić information content (AvgIpc) is 2.33. The van der Waals surface area contributed by atoms with Gasteiger partial charge in [0.2, 0.25) is 5.88 Å². The number of aryl methyl sites for hydroxylation is 1. The number of ether oxygens (including phenoxy) is 1. The number of aromatic nitrogens is 2. The molecule has 92 valence electrons. The maximum atomic E-state index is 5.88. The Morgan fingerprint density at radius 3 is 2.71 bits per heavy atom. The van der Waals surface area contributed by atoms with Gasteiger partial charge in [-0.05, 0) is 32.6 Å². The second kappa shape index (κ2) is 5.17. The molecule has 0 amide bonds. The molecule has 2 rings (SSSR count). The van der Waals surface area contributed by atoms with Gasteiger partial charge in [0, 0.05) is 0 Å². The molecule has 1 fully saturated rings. The van der Waals surface area contributed by atoms with Crippen LogP contribution in [0.1, 0.15) is 43.5 Å². The minimum Gasteiger partial charge on any atom is -0.473 e. The number of hydrogen-bond acceptors (Lipinski definition) is 4. The lowest BCUT2D eigenvalue weighted by molar-refractivity contribution is 0.147. The summed E-state index contributed by atoms with van der Waals surface area (Å²) in [4.78, 5) is 8.59. The minimum atomic E-state index is 0.295. The van der Waals surface area contributed by atoms with E-state index >= 15 is 0 Å². The van der Waals surface area contributed by atoms with Crippen molar-refractivity contribution in [2.45, 2.75) is 45.1 Å². The Morgan fingerprint density at radius 1 is 1.41 bits per heavy atom. The van der Waals surface area contributed by atoms with Crippen molar-refractivity contribution in [1.29, 1.82) is 0 Å². The van der Waals surface area contributed by atoms with Crippen molar-refractivity contribution >= 4 is 5.70 Å². The van der Waals surface area contributed by atoms with Gasteiger partial charge in [0.1, 0.15) is 17.5 Å². The minimum absolute atomic E-state index is 0.295. The number of nitrogens with zero attached hydrogens (tertiary/aromatic N) is 2. The number of hydrogen-bond donors (Lipinski definition) is 1. The molecule has 0 radical (unpaired) electrons. The molecule has 0 unspecified atom stereocenters. The molecule has 1 heterocycles. The molecule has 17 heavy (non-hydrogen) atoms. The van der Waals surface area contributed by atoms with E-state index in [4.69, 9.17) is 10.5 Å². The summed E-state index contributed by atoms with van der Waals surface area (Å²) in [5.41, 5.74) is 7.42. The van der Waals surface area contributed by atoms with Crippen molar-refractivity contribution in [3.63, 3.8) is 0 Å². The fourth-order valence-corrected chi connectivity index (χ4v) is 2.08. The zero-order valence-corrected chi connectivity index (χ0v) is 10.3. The van der Waals surface area contributed by atoms with Gasteiger partial charge in [0.15, 0.2) is 0 Å². The van der Waals surface area contributed by atoms with Gasteiger partial charge >= 0.3 is 0 Å². The van der Waals surface area contributed by atoms with Crippen molar-refractivity contribution in [2.24, 2.45) is 5.73 Å². The Hall–Kier alpha value is -1.58. The Bertz CT molecular complexity index is 411. The molecule has 1 saturated carbocycles. The summed E-state index contributed by atoms with van der Waals surface area (Å²) < 4.78 is 5.88. The van der Waals surface area contributed by atoms with E-state index in [1.165, 1.54) is 19.3 Å². The van der Waals surface area contributed by atoms with Gasteiger partial charge in [-0.3, -0.25) is 0 Å². The first-order chi connectivity index (χ1) is 8.16. The third kappa shape index (κ3) is 2.96. The second-order valence-corrected chi connectivity index (χ2v) is 4.55. The molecular weight excluding hydrogens is 214 g/mol. The van der Waals surface area contributed by atoms with Crippen molar-refractivity contribution < 1.29 is 4.74 Å². The Kier molecular flexibility index (Phi) is 3.61. The topological polar surface area (TPSA) is 61.0 Å². The third-order valence-corrected chi connectivity index (χ3v) is 3.06. The molecule has 0 atom stereocenters. The van der Waals surface area contributed by atoms with Crippen LogP contribution in [0.4, 0.5) is 0 Å². The van der Waals surface area contributed by atoms with E-state index in [1.54, 1.807) is 6.20 Å². The molecule has 0 spiro atoms. The molecule has 1 aromatic rings. The molecule has 0 bridgehead atoms. The molecule has 0 aromatic carbocycles. The van der Waals surface area contributed by atoms with Gasteiger partial charge in [-0.15, -0.1) is 0 Å². The van der Waals surface area contributed by atoms with Crippen molar-refractivity contribution in [1.82, 2.24) is 9.97 Å². The highest BCUT2D eigenvalue weighted by atomic mass is 16.5. The van der Waals surface area contributed by atoms with E-state index < -0.39 is 0 Å². The van der Waals surface area contributed by atoms with Crippen LogP contribution in [0.2, 0.25) is 0 Å². The summed E-state index contributed by atoms with van der Waals surface area (Å²) >= 11 is 0. The smallest absolute Gasteiger partial charge is 0.235 e. The van der Waals surface area contributed by atoms with Crippen molar-refractivity contribution in [3.05, 3.63) is 24.2 Å². The lowest BCUT2D eigenvalue weighted by Gasteiger charge is -2.22. The maximum absolute atomic E-state index is 5.88. The summed E-state index contributed by atoms with van der Waals surface area (Å²) in [5.74, 6) is 0.627. The van der Waals surface area contributed by atoms with Crippen LogP contribution in [-0.2, 0) is 0 Å². The van der Waals surface area contributed by atoms with Crippen LogP contribution in [0.5, 0.6) is 5.88 Å². The summed E-state index contributed by atoms with van der Waals surface area (Å²) in [7, 11) is 0. The first-order valence-corrected chi connectivity index (χ1v) is 6.12. The Balaban J connectivity index is 2.08. The zero-order valence-electron chi connectivity index (χ0n) is 10.3. The SMILES string of the molecule is C=C(N)c1cnc(OC2CCCCC2)c(C)n1. The first kappa shape index (κ1) is 11.9. The largest absolute Gasteiger partial charge is 0.473 e. The highest BCUT2D eigenvalue weighted by Gasteiger charge is 2.17. The summed E-state index contributed by atoms with van der Waals surface area (Å²) in [6.07, 6.45) is 7.95. The van der Waals surface area contributed by atoms with Crippen molar-refractivity contribution in [2.75, 3.05) is 0 Å². The quantitative estimate of drug-likeness (QED) is 0.871. The standard InChI is InChI=1S/C13H19N3O/c1-9(14)12-8-15-13(10(2)16-12)17-11-6-4-3-5-7-11/h8,11H,1,3-7,14H2,2H3. The predicted molar refractivity (Wildman–Crippen MR) is 67.5 cm³/mol. The van der Waals surface area contributed by atoms with Crippen LogP contribution >= 0.6 is 0 Å². The molecule has 0 saturated heterocycles. The normalized spacial score (nSPS) is 16.8. The van der Waals surface area contributed by atoms with Gasteiger partial charge in [0.05, 0.1) is 11.9 Å². The fourth-order valence-electron chi connectivity index (χ4n) is 2.08. The van der Waals surface area contributed by atoms with E-state index in [1.807, 2.05) is 6.92 Å². The summed E-state index contributed by atoms with van der Waals surface area (Å²) in [6.45, 7) is 5.53. The van der Waals surface area contributed by atoms with Gasteiger partial charge < -0.3 is 10.5 Å². The van der Waals surface area contributed by atoms with E-state index in [9.17, 15) is 0 Å². The monoisotopic (exact) mass is 233 g/mol. The molecule has 2 N–H and O–H groups in total. The lowest BCUT2D eigenvalue weighted by Crippen LogP contribution is -2.21. The molecule has 1 aliphatic rings. The maximum Gasteiger partial charge on any atom is 0.235 e. The van der Waals surface area contributed by atoms with Gasteiger partial charge in [-0.25, -0.2) is 9.97 Å². The fraction of sp³-hybridized carbons (Fsp3) is 0.538. The average molecular weight is 233 g/mol.